The number of aryl methyl sites for hydroxylation is 1. The van der Waals surface area contributed by atoms with E-state index < -0.39 is 10.0 Å². The van der Waals surface area contributed by atoms with E-state index in [1.165, 1.54) is 20.2 Å². The van der Waals surface area contributed by atoms with Crippen molar-refractivity contribution in [3.05, 3.63) is 53.6 Å². The summed E-state index contributed by atoms with van der Waals surface area (Å²) in [5.74, 6) is -0.279. The van der Waals surface area contributed by atoms with Crippen molar-refractivity contribution in [2.75, 3.05) is 37.4 Å². The second-order valence-corrected chi connectivity index (χ2v) is 8.56. The average molecular weight is 390 g/mol. The van der Waals surface area contributed by atoms with Crippen molar-refractivity contribution in [3.63, 3.8) is 0 Å². The first-order chi connectivity index (χ1) is 12.7. The van der Waals surface area contributed by atoms with Crippen LogP contribution in [-0.2, 0) is 10.0 Å². The van der Waals surface area contributed by atoms with Gasteiger partial charge in [-0.25, -0.2) is 12.7 Å². The molecule has 0 aliphatic carbocycles. The number of nitrogens with zero attached hydrogens (tertiary/aromatic N) is 2. The molecule has 2 aromatic carbocycles. The minimum absolute atomic E-state index is 0.183. The van der Waals surface area contributed by atoms with Gasteiger partial charge in [0.05, 0.1) is 4.90 Å². The third kappa shape index (κ3) is 4.67. The Hall–Kier alpha value is -2.38. The number of hydrogen-bond donors (Lipinski definition) is 1. The first-order valence-electron chi connectivity index (χ1n) is 8.90. The van der Waals surface area contributed by atoms with E-state index in [2.05, 4.69) is 24.1 Å². The lowest BCUT2D eigenvalue weighted by atomic mass is 10.1. The van der Waals surface area contributed by atoms with E-state index in [-0.39, 0.29) is 10.8 Å². The molecular formula is C20H27N3O3S. The number of rotatable bonds is 7. The standard InChI is InChI=1S/C20H27N3O3S/c1-6-23(7-2)18-12-9-16(10-13-18)20(24)21-17-11-8-15(3)19(14-17)27(25,26)22(4)5/h8-14H,6-7H2,1-5H3,(H,21,24). The Morgan fingerprint density at radius 2 is 1.59 bits per heavy atom. The van der Waals surface area contributed by atoms with Gasteiger partial charge in [0.25, 0.3) is 5.91 Å². The molecule has 0 radical (unpaired) electrons. The predicted octanol–water partition coefficient (Wildman–Crippen LogP) is 3.34. The zero-order valence-corrected chi connectivity index (χ0v) is 17.3. The van der Waals surface area contributed by atoms with E-state index >= 15 is 0 Å². The molecular weight excluding hydrogens is 362 g/mol. The average Bonchev–Trinajstić information content (AvgIpc) is 2.64. The molecule has 0 saturated heterocycles. The van der Waals surface area contributed by atoms with Crippen molar-refractivity contribution in [2.45, 2.75) is 25.7 Å². The number of carbonyl (C=O) groups is 1. The molecule has 1 amide bonds. The summed E-state index contributed by atoms with van der Waals surface area (Å²) >= 11 is 0. The van der Waals surface area contributed by atoms with Gasteiger partial charge in [-0.05, 0) is 62.7 Å². The second-order valence-electron chi connectivity index (χ2n) is 6.44. The van der Waals surface area contributed by atoms with Crippen LogP contribution >= 0.6 is 0 Å². The maximum absolute atomic E-state index is 12.5. The summed E-state index contributed by atoms with van der Waals surface area (Å²) in [5, 5.41) is 2.78. The zero-order valence-electron chi connectivity index (χ0n) is 16.5. The Labute approximate surface area is 161 Å². The Bertz CT molecular complexity index is 903. The third-order valence-corrected chi connectivity index (χ3v) is 6.42. The van der Waals surface area contributed by atoms with Crippen LogP contribution in [0.5, 0.6) is 0 Å². The van der Waals surface area contributed by atoms with Crippen LogP contribution in [0.15, 0.2) is 47.4 Å². The van der Waals surface area contributed by atoms with Crippen LogP contribution < -0.4 is 10.2 Å². The molecule has 27 heavy (non-hydrogen) atoms. The van der Waals surface area contributed by atoms with Crippen LogP contribution in [0.1, 0.15) is 29.8 Å². The van der Waals surface area contributed by atoms with Gasteiger partial charge in [-0.2, -0.15) is 0 Å². The third-order valence-electron chi connectivity index (χ3n) is 4.46. The Kier molecular flexibility index (Phi) is 6.62. The predicted molar refractivity (Wildman–Crippen MR) is 110 cm³/mol. The molecule has 0 saturated carbocycles. The van der Waals surface area contributed by atoms with Gasteiger partial charge >= 0.3 is 0 Å². The van der Waals surface area contributed by atoms with Crippen molar-refractivity contribution in [1.82, 2.24) is 4.31 Å². The quantitative estimate of drug-likeness (QED) is 0.788. The number of sulfonamides is 1. The monoisotopic (exact) mass is 389 g/mol. The largest absolute Gasteiger partial charge is 0.372 e. The van der Waals surface area contributed by atoms with Gasteiger partial charge in [0, 0.05) is 44.1 Å². The number of nitrogens with one attached hydrogen (secondary N) is 1. The highest BCUT2D eigenvalue weighted by atomic mass is 32.2. The summed E-state index contributed by atoms with van der Waals surface area (Å²) in [5.41, 5.74) is 2.65. The van der Waals surface area contributed by atoms with Gasteiger partial charge < -0.3 is 10.2 Å². The molecule has 0 aliphatic rings. The maximum atomic E-state index is 12.5. The lowest BCUT2D eigenvalue weighted by Crippen LogP contribution is -2.23. The van der Waals surface area contributed by atoms with Gasteiger partial charge in [-0.15, -0.1) is 0 Å². The van der Waals surface area contributed by atoms with Crippen LogP contribution in [0, 0.1) is 6.92 Å². The molecule has 2 rings (SSSR count). The topological polar surface area (TPSA) is 69.7 Å². The van der Waals surface area contributed by atoms with Crippen molar-refractivity contribution in [2.24, 2.45) is 0 Å². The van der Waals surface area contributed by atoms with E-state index in [0.29, 0.717) is 16.8 Å². The summed E-state index contributed by atoms with van der Waals surface area (Å²) in [6, 6.07) is 12.3. The van der Waals surface area contributed by atoms with Gasteiger partial charge in [0.15, 0.2) is 0 Å². The molecule has 1 N–H and O–H groups in total. The Morgan fingerprint density at radius 1 is 1.00 bits per heavy atom. The second kappa shape index (κ2) is 8.54. The number of hydrogen-bond acceptors (Lipinski definition) is 4. The van der Waals surface area contributed by atoms with Crippen molar-refractivity contribution in [3.8, 4) is 0 Å². The first kappa shape index (κ1) is 20.9. The Morgan fingerprint density at radius 3 is 2.11 bits per heavy atom. The van der Waals surface area contributed by atoms with E-state index in [0.717, 1.165) is 23.1 Å². The summed E-state index contributed by atoms with van der Waals surface area (Å²) in [6.07, 6.45) is 0. The molecule has 0 aromatic heterocycles. The summed E-state index contributed by atoms with van der Waals surface area (Å²) in [4.78, 5) is 14.9. The fraction of sp³-hybridized carbons (Fsp3) is 0.350. The smallest absolute Gasteiger partial charge is 0.255 e. The van der Waals surface area contributed by atoms with Crippen LogP contribution in [0.3, 0.4) is 0 Å². The summed E-state index contributed by atoms with van der Waals surface area (Å²) in [6.45, 7) is 7.69. The highest BCUT2D eigenvalue weighted by Crippen LogP contribution is 2.23. The van der Waals surface area contributed by atoms with Crippen molar-refractivity contribution >= 4 is 27.3 Å². The number of amides is 1. The molecule has 7 heteroatoms. The minimum Gasteiger partial charge on any atom is -0.372 e. The molecule has 0 aliphatic heterocycles. The van der Waals surface area contributed by atoms with Crippen molar-refractivity contribution in [1.29, 1.82) is 0 Å². The molecule has 0 spiro atoms. The van der Waals surface area contributed by atoms with Crippen LogP contribution in [0.4, 0.5) is 11.4 Å². The van der Waals surface area contributed by atoms with Crippen LogP contribution in [0.2, 0.25) is 0 Å². The molecule has 146 valence electrons. The van der Waals surface area contributed by atoms with Crippen LogP contribution in [0.25, 0.3) is 0 Å². The SMILES string of the molecule is CCN(CC)c1ccc(C(=O)Nc2ccc(C)c(S(=O)(=O)N(C)C)c2)cc1. The molecule has 6 nitrogen and oxygen atoms in total. The van der Waals surface area contributed by atoms with Gasteiger partial charge in [0.2, 0.25) is 10.0 Å². The normalized spacial score (nSPS) is 11.5. The zero-order chi connectivity index (χ0) is 20.2. The van der Waals surface area contributed by atoms with E-state index in [9.17, 15) is 13.2 Å². The van der Waals surface area contributed by atoms with E-state index in [4.69, 9.17) is 0 Å². The molecule has 0 fully saturated rings. The Balaban J connectivity index is 2.24. The maximum Gasteiger partial charge on any atom is 0.255 e. The van der Waals surface area contributed by atoms with E-state index in [1.807, 2.05) is 12.1 Å². The highest BCUT2D eigenvalue weighted by molar-refractivity contribution is 7.89. The van der Waals surface area contributed by atoms with Crippen LogP contribution in [-0.4, -0.2) is 45.8 Å². The minimum atomic E-state index is -3.58. The fourth-order valence-electron chi connectivity index (χ4n) is 2.77. The highest BCUT2D eigenvalue weighted by Gasteiger charge is 2.20. The molecule has 0 unspecified atom stereocenters. The summed E-state index contributed by atoms with van der Waals surface area (Å²) < 4.78 is 26.0. The number of benzene rings is 2. The van der Waals surface area contributed by atoms with Gasteiger partial charge in [0.1, 0.15) is 0 Å². The van der Waals surface area contributed by atoms with Crippen molar-refractivity contribution < 1.29 is 13.2 Å². The molecule has 2 aromatic rings. The van der Waals surface area contributed by atoms with E-state index in [1.54, 1.807) is 31.2 Å². The van der Waals surface area contributed by atoms with Gasteiger partial charge in [-0.1, -0.05) is 6.07 Å². The molecule has 0 bridgehead atoms. The lowest BCUT2D eigenvalue weighted by Gasteiger charge is -2.21. The summed E-state index contributed by atoms with van der Waals surface area (Å²) in [7, 11) is -0.608. The molecule has 0 atom stereocenters. The first-order valence-corrected chi connectivity index (χ1v) is 10.3. The number of anilines is 2. The number of carbonyl (C=O) groups excluding carboxylic acids is 1. The molecule has 0 heterocycles. The fourth-order valence-corrected chi connectivity index (χ4v) is 3.91. The van der Waals surface area contributed by atoms with Gasteiger partial charge in [-0.3, -0.25) is 4.79 Å². The lowest BCUT2D eigenvalue weighted by molar-refractivity contribution is 0.102.